The molecule has 3 aliphatic rings. The Morgan fingerprint density at radius 1 is 1.00 bits per heavy atom. The largest absolute Gasteiger partial charge is 0.0873 e. The van der Waals surface area contributed by atoms with Gasteiger partial charge in [0.05, 0.1) is 0 Å². The summed E-state index contributed by atoms with van der Waals surface area (Å²) in [4.78, 5) is 0. The molecule has 1 aromatic carbocycles. The lowest BCUT2D eigenvalue weighted by Crippen LogP contribution is -1.97. The lowest BCUT2D eigenvalue weighted by Gasteiger charge is -2.12. The molecule has 17 heavy (non-hydrogen) atoms. The van der Waals surface area contributed by atoms with Crippen molar-refractivity contribution >= 4 is 5.57 Å². The monoisotopic (exact) mass is 220 g/mol. The van der Waals surface area contributed by atoms with Crippen LogP contribution in [-0.4, -0.2) is 0 Å². The van der Waals surface area contributed by atoms with Gasteiger partial charge in [-0.15, -0.1) is 0 Å². The van der Waals surface area contributed by atoms with Gasteiger partial charge in [-0.2, -0.15) is 0 Å². The van der Waals surface area contributed by atoms with Crippen molar-refractivity contribution in [2.45, 2.75) is 31.6 Å². The van der Waals surface area contributed by atoms with Gasteiger partial charge in [0.15, 0.2) is 0 Å². The zero-order valence-corrected chi connectivity index (χ0v) is 9.95. The minimum absolute atomic E-state index is 0.551. The standard InChI is InChI=1S/C17H16/c1-2-10-15-13-8-3-4-9-14(13)16-11-5-7-12(6-1)17(15)16/h2-3,5,7-8,10-11,15H,1,4,6,9H2. The van der Waals surface area contributed by atoms with E-state index in [0.29, 0.717) is 5.92 Å². The Labute approximate surface area is 102 Å². The van der Waals surface area contributed by atoms with Crippen LogP contribution in [0.25, 0.3) is 5.57 Å². The van der Waals surface area contributed by atoms with E-state index in [1.807, 2.05) is 0 Å². The molecule has 0 fully saturated rings. The van der Waals surface area contributed by atoms with Crippen LogP contribution in [0.5, 0.6) is 0 Å². The summed E-state index contributed by atoms with van der Waals surface area (Å²) < 4.78 is 0. The first kappa shape index (κ1) is 9.47. The maximum Gasteiger partial charge on any atom is 0.0281 e. The van der Waals surface area contributed by atoms with E-state index in [1.54, 1.807) is 27.8 Å². The fraction of sp³-hybridized carbons (Fsp3) is 0.294. The second-order valence-corrected chi connectivity index (χ2v) is 5.20. The van der Waals surface area contributed by atoms with E-state index in [9.17, 15) is 0 Å². The first-order valence-corrected chi connectivity index (χ1v) is 6.63. The molecule has 0 spiro atoms. The average Bonchev–Trinajstić information content (AvgIpc) is 2.56. The lowest BCUT2D eigenvalue weighted by atomic mass is 9.91. The summed E-state index contributed by atoms with van der Waals surface area (Å²) in [6.45, 7) is 0. The van der Waals surface area contributed by atoms with Crippen molar-refractivity contribution in [2.24, 2.45) is 0 Å². The normalized spacial score (nSPS) is 24.6. The Hall–Kier alpha value is -1.56. The van der Waals surface area contributed by atoms with Crippen LogP contribution in [0.3, 0.4) is 0 Å². The molecule has 0 saturated carbocycles. The molecule has 4 rings (SSSR count). The molecular formula is C17H16. The molecule has 0 aliphatic heterocycles. The number of fused-ring (bicyclic) bond motifs is 2. The van der Waals surface area contributed by atoms with E-state index in [4.69, 9.17) is 0 Å². The van der Waals surface area contributed by atoms with E-state index in [0.717, 1.165) is 0 Å². The number of rotatable bonds is 0. The quantitative estimate of drug-likeness (QED) is 0.569. The SMILES string of the molecule is C1=CC2=C(CC1)c1cccc3c1C2C=CCC3. The molecule has 0 bridgehead atoms. The highest BCUT2D eigenvalue weighted by molar-refractivity contribution is 5.83. The molecule has 0 heterocycles. The van der Waals surface area contributed by atoms with Gasteiger partial charge in [0.1, 0.15) is 0 Å². The summed E-state index contributed by atoms with van der Waals surface area (Å²) in [5, 5.41) is 0. The lowest BCUT2D eigenvalue weighted by molar-refractivity contribution is 0.984. The highest BCUT2D eigenvalue weighted by Crippen LogP contribution is 2.49. The second-order valence-electron chi connectivity index (χ2n) is 5.20. The van der Waals surface area contributed by atoms with E-state index in [1.165, 1.54) is 25.7 Å². The van der Waals surface area contributed by atoms with Gasteiger partial charge in [0.25, 0.3) is 0 Å². The second kappa shape index (κ2) is 3.46. The molecule has 1 aromatic rings. The van der Waals surface area contributed by atoms with Crippen molar-refractivity contribution in [3.8, 4) is 0 Å². The van der Waals surface area contributed by atoms with Crippen molar-refractivity contribution < 1.29 is 0 Å². The number of allylic oxidation sites excluding steroid dienone is 6. The van der Waals surface area contributed by atoms with E-state index in [-0.39, 0.29) is 0 Å². The predicted molar refractivity (Wildman–Crippen MR) is 71.9 cm³/mol. The summed E-state index contributed by atoms with van der Waals surface area (Å²) in [5.41, 5.74) is 7.90. The molecule has 0 heteroatoms. The molecule has 84 valence electrons. The van der Waals surface area contributed by atoms with Crippen LogP contribution in [0.15, 0.2) is 48.1 Å². The predicted octanol–water partition coefficient (Wildman–Crippen LogP) is 4.39. The fourth-order valence-corrected chi connectivity index (χ4v) is 3.55. The molecular weight excluding hydrogens is 204 g/mol. The van der Waals surface area contributed by atoms with Gasteiger partial charge in [0.2, 0.25) is 0 Å². The van der Waals surface area contributed by atoms with Gasteiger partial charge < -0.3 is 0 Å². The van der Waals surface area contributed by atoms with Gasteiger partial charge in [-0.3, -0.25) is 0 Å². The highest BCUT2D eigenvalue weighted by atomic mass is 14.3. The molecule has 0 radical (unpaired) electrons. The van der Waals surface area contributed by atoms with Crippen LogP contribution in [-0.2, 0) is 6.42 Å². The molecule has 1 atom stereocenters. The molecule has 0 saturated heterocycles. The highest BCUT2D eigenvalue weighted by Gasteiger charge is 2.31. The average molecular weight is 220 g/mol. The summed E-state index contributed by atoms with van der Waals surface area (Å²) in [6.07, 6.45) is 14.3. The number of aryl methyl sites for hydroxylation is 1. The van der Waals surface area contributed by atoms with Crippen molar-refractivity contribution in [3.63, 3.8) is 0 Å². The maximum absolute atomic E-state index is 2.42. The molecule has 0 aromatic heterocycles. The first-order valence-electron chi connectivity index (χ1n) is 6.63. The van der Waals surface area contributed by atoms with Crippen LogP contribution < -0.4 is 0 Å². The Kier molecular flexibility index (Phi) is 1.93. The van der Waals surface area contributed by atoms with Gasteiger partial charge in [-0.1, -0.05) is 42.5 Å². The van der Waals surface area contributed by atoms with Crippen molar-refractivity contribution in [3.05, 3.63) is 64.8 Å². The molecule has 0 nitrogen and oxygen atoms in total. The minimum Gasteiger partial charge on any atom is -0.0873 e. The number of hydrogen-bond donors (Lipinski definition) is 0. The molecule has 0 N–H and O–H groups in total. The van der Waals surface area contributed by atoms with E-state index in [2.05, 4.69) is 42.5 Å². The Morgan fingerprint density at radius 2 is 1.94 bits per heavy atom. The van der Waals surface area contributed by atoms with Crippen molar-refractivity contribution in [1.82, 2.24) is 0 Å². The van der Waals surface area contributed by atoms with Gasteiger partial charge in [-0.05, 0) is 53.5 Å². The van der Waals surface area contributed by atoms with E-state index >= 15 is 0 Å². The van der Waals surface area contributed by atoms with Gasteiger partial charge in [-0.25, -0.2) is 0 Å². The van der Waals surface area contributed by atoms with Crippen LogP contribution in [0.1, 0.15) is 41.9 Å². The van der Waals surface area contributed by atoms with Crippen LogP contribution in [0.4, 0.5) is 0 Å². The maximum atomic E-state index is 2.42. The zero-order valence-electron chi connectivity index (χ0n) is 9.95. The summed E-state index contributed by atoms with van der Waals surface area (Å²) in [6, 6.07) is 6.89. The van der Waals surface area contributed by atoms with Crippen LogP contribution >= 0.6 is 0 Å². The molecule has 3 aliphatic carbocycles. The van der Waals surface area contributed by atoms with Crippen LogP contribution in [0.2, 0.25) is 0 Å². The Bertz CT molecular complexity index is 570. The van der Waals surface area contributed by atoms with Gasteiger partial charge >= 0.3 is 0 Å². The molecule has 1 unspecified atom stereocenters. The van der Waals surface area contributed by atoms with Crippen molar-refractivity contribution in [1.29, 1.82) is 0 Å². The smallest absolute Gasteiger partial charge is 0.0281 e. The third-order valence-electron chi connectivity index (χ3n) is 4.28. The topological polar surface area (TPSA) is 0 Å². The van der Waals surface area contributed by atoms with Gasteiger partial charge in [0, 0.05) is 5.92 Å². The minimum atomic E-state index is 0.551. The summed E-state index contributed by atoms with van der Waals surface area (Å²) in [5.74, 6) is 0.551. The zero-order chi connectivity index (χ0) is 11.2. The third-order valence-corrected chi connectivity index (χ3v) is 4.28. The number of hydrogen-bond acceptors (Lipinski definition) is 0. The van der Waals surface area contributed by atoms with Crippen LogP contribution in [0, 0.1) is 0 Å². The summed E-state index contributed by atoms with van der Waals surface area (Å²) in [7, 11) is 0. The molecule has 0 amide bonds. The third kappa shape index (κ3) is 1.24. The number of benzene rings is 1. The fourth-order valence-electron chi connectivity index (χ4n) is 3.55. The van der Waals surface area contributed by atoms with Crippen molar-refractivity contribution in [2.75, 3.05) is 0 Å². The Balaban J connectivity index is 2.02. The summed E-state index contributed by atoms with van der Waals surface area (Å²) >= 11 is 0. The Morgan fingerprint density at radius 3 is 2.94 bits per heavy atom. The first-order chi connectivity index (χ1) is 8.45. The van der Waals surface area contributed by atoms with E-state index < -0.39 is 0 Å².